The fourth-order valence-corrected chi connectivity index (χ4v) is 2.78. The Bertz CT molecular complexity index is 1070. The average molecular weight is 380 g/mol. The molecule has 0 saturated carbocycles. The Morgan fingerprint density at radius 2 is 1.96 bits per heavy atom. The van der Waals surface area contributed by atoms with Gasteiger partial charge in [-0.1, -0.05) is 12.1 Å². The zero-order valence-electron chi connectivity index (χ0n) is 14.2. The molecule has 2 heterocycles. The Morgan fingerprint density at radius 1 is 1.22 bits per heavy atom. The molecule has 0 radical (unpaired) electrons. The molecule has 0 unspecified atom stereocenters. The molecule has 0 spiro atoms. The second-order valence-corrected chi connectivity index (χ2v) is 5.74. The standard InChI is InChI=1S/C18H15F3N2O4/c1-2-27-17(26)14-15(24)13-7-4-8-22(13)23(16(14)25)10-11-5-3-6-12(9-11)18(19,20)21/h3-9,24H,2,10H2,1H3. The Hall–Kier alpha value is -3.23. The number of alkyl halides is 3. The van der Waals surface area contributed by atoms with Gasteiger partial charge in [-0.3, -0.25) is 9.31 Å². The fraction of sp³-hybridized carbons (Fsp3) is 0.222. The van der Waals surface area contributed by atoms with Crippen LogP contribution in [0.25, 0.3) is 5.52 Å². The van der Waals surface area contributed by atoms with Crippen molar-refractivity contribution in [2.75, 3.05) is 6.61 Å². The summed E-state index contributed by atoms with van der Waals surface area (Å²) < 4.78 is 45.9. The third-order valence-electron chi connectivity index (χ3n) is 3.98. The number of hydrogen-bond donors (Lipinski definition) is 1. The van der Waals surface area contributed by atoms with E-state index in [2.05, 4.69) is 0 Å². The summed E-state index contributed by atoms with van der Waals surface area (Å²) in [6.07, 6.45) is -3.06. The Balaban J connectivity index is 2.16. The Morgan fingerprint density at radius 3 is 2.63 bits per heavy atom. The summed E-state index contributed by atoms with van der Waals surface area (Å²) in [6, 6.07) is 7.54. The molecule has 3 aromatic rings. The van der Waals surface area contributed by atoms with Gasteiger partial charge >= 0.3 is 12.1 Å². The Kier molecular flexibility index (Phi) is 4.69. The van der Waals surface area contributed by atoms with Crippen LogP contribution in [0.2, 0.25) is 0 Å². The van der Waals surface area contributed by atoms with Gasteiger partial charge in [0.2, 0.25) is 0 Å². The van der Waals surface area contributed by atoms with Crippen LogP contribution in [0.4, 0.5) is 13.2 Å². The monoisotopic (exact) mass is 380 g/mol. The maximum absolute atomic E-state index is 12.9. The highest BCUT2D eigenvalue weighted by molar-refractivity contribution is 5.94. The number of halogens is 3. The second kappa shape index (κ2) is 6.82. The first-order valence-electron chi connectivity index (χ1n) is 8.00. The highest BCUT2D eigenvalue weighted by Crippen LogP contribution is 2.30. The summed E-state index contributed by atoms with van der Waals surface area (Å²) in [5, 5.41) is 10.3. The van der Waals surface area contributed by atoms with E-state index in [0.29, 0.717) is 0 Å². The smallest absolute Gasteiger partial charge is 0.416 e. The van der Waals surface area contributed by atoms with Crippen molar-refractivity contribution in [3.05, 3.63) is 69.6 Å². The van der Waals surface area contributed by atoms with Gasteiger partial charge in [0.05, 0.1) is 18.7 Å². The molecular formula is C18H15F3N2O4. The number of esters is 1. The number of benzene rings is 1. The maximum Gasteiger partial charge on any atom is 0.416 e. The van der Waals surface area contributed by atoms with Gasteiger partial charge in [0, 0.05) is 6.20 Å². The SMILES string of the molecule is CCOC(=O)c1c(O)c2cccn2n(Cc2cccc(C(F)(F)F)c2)c1=O. The highest BCUT2D eigenvalue weighted by Gasteiger charge is 2.30. The van der Waals surface area contributed by atoms with Crippen molar-refractivity contribution in [1.29, 1.82) is 0 Å². The second-order valence-electron chi connectivity index (χ2n) is 5.74. The van der Waals surface area contributed by atoms with E-state index in [4.69, 9.17) is 4.74 Å². The molecule has 2 aromatic heterocycles. The molecule has 0 aliphatic heterocycles. The van der Waals surface area contributed by atoms with Gasteiger partial charge in [0.25, 0.3) is 5.56 Å². The molecule has 142 valence electrons. The number of ether oxygens (including phenoxy) is 1. The molecule has 0 aliphatic rings. The minimum atomic E-state index is -4.52. The quantitative estimate of drug-likeness (QED) is 0.706. The van der Waals surface area contributed by atoms with E-state index in [-0.39, 0.29) is 24.2 Å². The van der Waals surface area contributed by atoms with Crippen molar-refractivity contribution in [3.63, 3.8) is 0 Å². The first-order valence-corrected chi connectivity index (χ1v) is 8.00. The largest absolute Gasteiger partial charge is 0.505 e. The normalized spacial score (nSPS) is 11.7. The molecule has 0 saturated heterocycles. The van der Waals surface area contributed by atoms with E-state index in [0.717, 1.165) is 16.8 Å². The van der Waals surface area contributed by atoms with Crippen LogP contribution in [-0.2, 0) is 17.5 Å². The molecular weight excluding hydrogens is 365 g/mol. The number of nitrogens with zero attached hydrogens (tertiary/aromatic N) is 2. The third kappa shape index (κ3) is 3.40. The fourth-order valence-electron chi connectivity index (χ4n) is 2.78. The van der Waals surface area contributed by atoms with Crippen LogP contribution in [0, 0.1) is 0 Å². The predicted molar refractivity (Wildman–Crippen MR) is 89.8 cm³/mol. The zero-order chi connectivity index (χ0) is 19.8. The molecule has 0 fully saturated rings. The average Bonchev–Trinajstić information content (AvgIpc) is 3.08. The third-order valence-corrected chi connectivity index (χ3v) is 3.98. The number of hydrogen-bond acceptors (Lipinski definition) is 4. The van der Waals surface area contributed by atoms with Crippen LogP contribution in [-0.4, -0.2) is 26.9 Å². The van der Waals surface area contributed by atoms with Crippen LogP contribution in [0.15, 0.2) is 47.4 Å². The number of fused-ring (bicyclic) bond motifs is 1. The molecule has 0 atom stereocenters. The van der Waals surface area contributed by atoms with Crippen molar-refractivity contribution in [3.8, 4) is 5.75 Å². The van der Waals surface area contributed by atoms with Crippen molar-refractivity contribution < 1.29 is 27.8 Å². The van der Waals surface area contributed by atoms with Gasteiger partial charge < -0.3 is 9.84 Å². The maximum atomic E-state index is 12.9. The molecule has 27 heavy (non-hydrogen) atoms. The summed E-state index contributed by atoms with van der Waals surface area (Å²) >= 11 is 0. The van der Waals surface area contributed by atoms with Crippen LogP contribution in [0.3, 0.4) is 0 Å². The topological polar surface area (TPSA) is 72.9 Å². The molecule has 0 aliphatic carbocycles. The number of aromatic nitrogens is 2. The summed E-state index contributed by atoms with van der Waals surface area (Å²) in [5.41, 5.74) is -1.91. The highest BCUT2D eigenvalue weighted by atomic mass is 19.4. The lowest BCUT2D eigenvalue weighted by Crippen LogP contribution is -2.32. The van der Waals surface area contributed by atoms with Gasteiger partial charge in [-0.2, -0.15) is 13.2 Å². The van der Waals surface area contributed by atoms with Gasteiger partial charge in [-0.25, -0.2) is 9.48 Å². The van der Waals surface area contributed by atoms with Crippen LogP contribution >= 0.6 is 0 Å². The van der Waals surface area contributed by atoms with Crippen molar-refractivity contribution in [1.82, 2.24) is 9.20 Å². The van der Waals surface area contributed by atoms with E-state index in [1.165, 1.54) is 35.0 Å². The van der Waals surface area contributed by atoms with E-state index in [1.54, 1.807) is 6.92 Å². The molecule has 0 bridgehead atoms. The minimum Gasteiger partial charge on any atom is -0.505 e. The molecule has 1 N–H and O–H groups in total. The van der Waals surface area contributed by atoms with Crippen molar-refractivity contribution in [2.45, 2.75) is 19.6 Å². The van der Waals surface area contributed by atoms with Crippen LogP contribution in [0.1, 0.15) is 28.4 Å². The first-order chi connectivity index (χ1) is 12.7. The summed E-state index contributed by atoms with van der Waals surface area (Å²) in [7, 11) is 0. The molecule has 3 rings (SSSR count). The summed E-state index contributed by atoms with van der Waals surface area (Å²) in [5.74, 6) is -1.54. The lowest BCUT2D eigenvalue weighted by atomic mass is 10.1. The van der Waals surface area contributed by atoms with Gasteiger partial charge in [0.1, 0.15) is 5.52 Å². The molecule has 1 aromatic carbocycles. The van der Waals surface area contributed by atoms with Gasteiger partial charge in [-0.05, 0) is 36.8 Å². The van der Waals surface area contributed by atoms with Crippen LogP contribution < -0.4 is 5.56 Å². The van der Waals surface area contributed by atoms with E-state index < -0.39 is 34.6 Å². The van der Waals surface area contributed by atoms with Crippen molar-refractivity contribution in [2.24, 2.45) is 0 Å². The first kappa shape index (κ1) is 18.6. The summed E-state index contributed by atoms with van der Waals surface area (Å²) in [4.78, 5) is 24.9. The van der Waals surface area contributed by atoms with Crippen molar-refractivity contribution >= 4 is 11.5 Å². The lowest BCUT2D eigenvalue weighted by Gasteiger charge is -2.15. The van der Waals surface area contributed by atoms with E-state index in [9.17, 15) is 27.9 Å². The predicted octanol–water partition coefficient (Wildman–Crippen LogP) is 3.05. The lowest BCUT2D eigenvalue weighted by molar-refractivity contribution is -0.137. The molecule has 0 amide bonds. The minimum absolute atomic E-state index is 0.00245. The van der Waals surface area contributed by atoms with E-state index >= 15 is 0 Å². The number of aromatic hydroxyl groups is 1. The summed E-state index contributed by atoms with van der Waals surface area (Å²) in [6.45, 7) is 1.31. The number of carbonyl (C=O) groups is 1. The zero-order valence-corrected chi connectivity index (χ0v) is 14.2. The molecule has 9 heteroatoms. The van der Waals surface area contributed by atoms with Crippen LogP contribution in [0.5, 0.6) is 5.75 Å². The van der Waals surface area contributed by atoms with Gasteiger partial charge in [-0.15, -0.1) is 0 Å². The number of rotatable bonds is 4. The number of carbonyl (C=O) groups excluding carboxylic acids is 1. The van der Waals surface area contributed by atoms with Gasteiger partial charge in [0.15, 0.2) is 11.3 Å². The molecule has 6 nitrogen and oxygen atoms in total. The van der Waals surface area contributed by atoms with E-state index in [1.807, 2.05) is 0 Å². The Labute approximate surface area is 151 Å².